The monoisotopic (exact) mass is 240 g/mol. The second-order valence-electron chi connectivity index (χ2n) is 3.19. The first kappa shape index (κ1) is 12.8. The smallest absolute Gasteiger partial charge is 0.191 e. The number of hydrogen-bond acceptors (Lipinski definition) is 2. The quantitative estimate of drug-likeness (QED) is 0.624. The number of nitrogens with zero attached hydrogens (tertiary/aromatic N) is 2. The Kier molecular flexibility index (Phi) is 5.64. The fourth-order valence-electron chi connectivity index (χ4n) is 1.17. The number of rotatable bonds is 4. The molecule has 1 aromatic rings. The molecule has 1 rings (SSSR count). The summed E-state index contributed by atoms with van der Waals surface area (Å²) in [5, 5.41) is 6.95. The molecule has 16 heavy (non-hydrogen) atoms. The molecule has 0 unspecified atom stereocenters. The molecule has 1 aromatic heterocycles. The topological polar surface area (TPSA) is 49.3 Å². The molecule has 0 aliphatic carbocycles. The SMILES string of the molecule is CCNC(=NCc1ccc(Cl)cn1)NCC. The van der Waals surface area contributed by atoms with Crippen LogP contribution in [-0.4, -0.2) is 24.0 Å². The highest BCUT2D eigenvalue weighted by atomic mass is 35.5. The average molecular weight is 241 g/mol. The third-order valence-corrected chi connectivity index (χ3v) is 2.10. The predicted molar refractivity (Wildman–Crippen MR) is 67.7 cm³/mol. The van der Waals surface area contributed by atoms with Crippen LogP contribution >= 0.6 is 11.6 Å². The van der Waals surface area contributed by atoms with Gasteiger partial charge in [0.25, 0.3) is 0 Å². The van der Waals surface area contributed by atoms with Crippen molar-refractivity contribution < 1.29 is 0 Å². The third-order valence-electron chi connectivity index (χ3n) is 1.88. The minimum Gasteiger partial charge on any atom is -0.357 e. The van der Waals surface area contributed by atoms with Gasteiger partial charge in [0.05, 0.1) is 17.3 Å². The molecule has 1 heterocycles. The van der Waals surface area contributed by atoms with E-state index in [1.54, 1.807) is 6.20 Å². The van der Waals surface area contributed by atoms with Gasteiger partial charge in [-0.1, -0.05) is 11.6 Å². The van der Waals surface area contributed by atoms with E-state index in [0.717, 1.165) is 24.7 Å². The second-order valence-corrected chi connectivity index (χ2v) is 3.63. The molecule has 0 amide bonds. The molecule has 0 saturated heterocycles. The average Bonchev–Trinajstić information content (AvgIpc) is 2.29. The number of hydrogen-bond donors (Lipinski definition) is 2. The third kappa shape index (κ3) is 4.49. The molecule has 2 N–H and O–H groups in total. The standard InChI is InChI=1S/C11H17ClN4/c1-3-13-11(14-4-2)16-8-10-6-5-9(12)7-15-10/h5-7H,3-4,8H2,1-2H3,(H2,13,14,16). The largest absolute Gasteiger partial charge is 0.357 e. The predicted octanol–water partition coefficient (Wildman–Crippen LogP) is 1.81. The zero-order chi connectivity index (χ0) is 11.8. The Morgan fingerprint density at radius 3 is 2.50 bits per heavy atom. The van der Waals surface area contributed by atoms with E-state index in [1.165, 1.54) is 0 Å². The van der Waals surface area contributed by atoms with E-state index in [1.807, 2.05) is 26.0 Å². The van der Waals surface area contributed by atoms with Crippen LogP contribution in [0, 0.1) is 0 Å². The van der Waals surface area contributed by atoms with Crippen LogP contribution in [-0.2, 0) is 6.54 Å². The maximum Gasteiger partial charge on any atom is 0.191 e. The molecular formula is C11H17ClN4. The number of guanidine groups is 1. The lowest BCUT2D eigenvalue weighted by atomic mass is 10.3. The van der Waals surface area contributed by atoms with Gasteiger partial charge in [-0.15, -0.1) is 0 Å². The summed E-state index contributed by atoms with van der Waals surface area (Å²) < 4.78 is 0. The van der Waals surface area contributed by atoms with Crippen LogP contribution in [0.25, 0.3) is 0 Å². The van der Waals surface area contributed by atoms with Crippen LogP contribution in [0.1, 0.15) is 19.5 Å². The van der Waals surface area contributed by atoms with Gasteiger partial charge in [-0.05, 0) is 26.0 Å². The molecule has 4 nitrogen and oxygen atoms in total. The molecule has 0 aromatic carbocycles. The van der Waals surface area contributed by atoms with Crippen LogP contribution in [0.5, 0.6) is 0 Å². The van der Waals surface area contributed by atoms with Gasteiger partial charge in [-0.2, -0.15) is 0 Å². The summed E-state index contributed by atoms with van der Waals surface area (Å²) in [6.45, 7) is 6.31. The van der Waals surface area contributed by atoms with E-state index in [4.69, 9.17) is 11.6 Å². The first-order valence-corrected chi connectivity index (χ1v) is 5.76. The number of halogens is 1. The van der Waals surface area contributed by atoms with Gasteiger partial charge in [0, 0.05) is 19.3 Å². The molecule has 0 bridgehead atoms. The van der Waals surface area contributed by atoms with Crippen molar-refractivity contribution in [3.63, 3.8) is 0 Å². The van der Waals surface area contributed by atoms with Crippen LogP contribution in [0.15, 0.2) is 23.3 Å². The Bertz CT molecular complexity index is 326. The molecule has 0 saturated carbocycles. The maximum atomic E-state index is 5.75. The fraction of sp³-hybridized carbons (Fsp3) is 0.455. The summed E-state index contributed by atoms with van der Waals surface area (Å²) in [6.07, 6.45) is 1.63. The summed E-state index contributed by atoms with van der Waals surface area (Å²) in [4.78, 5) is 8.57. The van der Waals surface area contributed by atoms with E-state index in [-0.39, 0.29) is 0 Å². The van der Waals surface area contributed by atoms with Gasteiger partial charge in [-0.3, -0.25) is 4.98 Å². The van der Waals surface area contributed by atoms with E-state index in [0.29, 0.717) is 11.6 Å². The summed E-state index contributed by atoms with van der Waals surface area (Å²) in [5.41, 5.74) is 0.901. The number of aliphatic imine (C=N–C) groups is 1. The van der Waals surface area contributed by atoms with Gasteiger partial charge < -0.3 is 10.6 Å². The molecule has 0 spiro atoms. The van der Waals surface area contributed by atoms with Crippen LogP contribution in [0.2, 0.25) is 5.02 Å². The van der Waals surface area contributed by atoms with Gasteiger partial charge in [0.15, 0.2) is 5.96 Å². The van der Waals surface area contributed by atoms with Crippen molar-refractivity contribution in [2.75, 3.05) is 13.1 Å². The summed E-state index contributed by atoms with van der Waals surface area (Å²) in [7, 11) is 0. The zero-order valence-electron chi connectivity index (χ0n) is 9.63. The first-order valence-electron chi connectivity index (χ1n) is 5.38. The number of aromatic nitrogens is 1. The Morgan fingerprint density at radius 1 is 1.31 bits per heavy atom. The number of pyridine rings is 1. The zero-order valence-corrected chi connectivity index (χ0v) is 10.4. The first-order chi connectivity index (χ1) is 7.76. The van der Waals surface area contributed by atoms with Crippen LogP contribution < -0.4 is 10.6 Å². The van der Waals surface area contributed by atoms with Gasteiger partial charge in [0.1, 0.15) is 0 Å². The van der Waals surface area contributed by atoms with Crippen molar-refractivity contribution >= 4 is 17.6 Å². The van der Waals surface area contributed by atoms with E-state index < -0.39 is 0 Å². The number of nitrogens with one attached hydrogen (secondary N) is 2. The lowest BCUT2D eigenvalue weighted by Gasteiger charge is -2.08. The van der Waals surface area contributed by atoms with Crippen molar-refractivity contribution in [1.29, 1.82) is 0 Å². The normalized spacial score (nSPS) is 9.69. The molecule has 0 aliphatic heterocycles. The fourth-order valence-corrected chi connectivity index (χ4v) is 1.28. The van der Waals surface area contributed by atoms with Crippen molar-refractivity contribution in [3.05, 3.63) is 29.0 Å². The Morgan fingerprint density at radius 2 is 2.00 bits per heavy atom. The molecule has 0 atom stereocenters. The lowest BCUT2D eigenvalue weighted by Crippen LogP contribution is -2.37. The van der Waals surface area contributed by atoms with Crippen molar-refractivity contribution in [1.82, 2.24) is 15.6 Å². The summed E-state index contributed by atoms with van der Waals surface area (Å²) in [6, 6.07) is 3.70. The summed E-state index contributed by atoms with van der Waals surface area (Å²) >= 11 is 5.75. The Hall–Kier alpha value is -1.29. The van der Waals surface area contributed by atoms with E-state index in [9.17, 15) is 0 Å². The highest BCUT2D eigenvalue weighted by Crippen LogP contribution is 2.06. The lowest BCUT2D eigenvalue weighted by molar-refractivity contribution is 0.834. The van der Waals surface area contributed by atoms with Crippen molar-refractivity contribution in [2.45, 2.75) is 20.4 Å². The second kappa shape index (κ2) is 7.06. The molecule has 0 radical (unpaired) electrons. The maximum absolute atomic E-state index is 5.75. The van der Waals surface area contributed by atoms with Crippen LogP contribution in [0.3, 0.4) is 0 Å². The molecule has 5 heteroatoms. The molecular weight excluding hydrogens is 224 g/mol. The molecule has 0 aliphatic rings. The molecule has 88 valence electrons. The Labute approximate surface area is 101 Å². The van der Waals surface area contributed by atoms with Gasteiger partial charge in [0.2, 0.25) is 0 Å². The van der Waals surface area contributed by atoms with Crippen molar-refractivity contribution in [3.8, 4) is 0 Å². The van der Waals surface area contributed by atoms with Crippen molar-refractivity contribution in [2.24, 2.45) is 4.99 Å². The minimum absolute atomic E-state index is 0.548. The van der Waals surface area contributed by atoms with Gasteiger partial charge in [-0.25, -0.2) is 4.99 Å². The highest BCUT2D eigenvalue weighted by Gasteiger charge is 1.96. The van der Waals surface area contributed by atoms with Crippen LogP contribution in [0.4, 0.5) is 0 Å². The highest BCUT2D eigenvalue weighted by molar-refractivity contribution is 6.30. The summed E-state index contributed by atoms with van der Waals surface area (Å²) in [5.74, 6) is 0.807. The molecule has 0 fully saturated rings. The van der Waals surface area contributed by atoms with E-state index >= 15 is 0 Å². The minimum atomic E-state index is 0.548. The van der Waals surface area contributed by atoms with E-state index in [2.05, 4.69) is 20.6 Å². The van der Waals surface area contributed by atoms with Gasteiger partial charge >= 0.3 is 0 Å². The Balaban J connectivity index is 2.57.